The second-order valence-electron chi connectivity index (χ2n) is 7.16. The van der Waals surface area contributed by atoms with E-state index in [0.29, 0.717) is 24.9 Å². The third kappa shape index (κ3) is 3.92. The summed E-state index contributed by atoms with van der Waals surface area (Å²) in [5.74, 6) is -1.88. The molecule has 0 spiro atoms. The number of benzene rings is 1. The second-order valence-corrected chi connectivity index (χ2v) is 7.16. The van der Waals surface area contributed by atoms with Crippen molar-refractivity contribution in [2.45, 2.75) is 38.8 Å². The lowest BCUT2D eigenvalue weighted by atomic mass is 10.0. The van der Waals surface area contributed by atoms with Crippen LogP contribution in [0.15, 0.2) is 36.7 Å². The Bertz CT molecular complexity index is 880. The van der Waals surface area contributed by atoms with Crippen LogP contribution in [-0.2, 0) is 9.59 Å². The Kier molecular flexibility index (Phi) is 5.39. The van der Waals surface area contributed by atoms with Gasteiger partial charge in [0.25, 0.3) is 5.91 Å². The maximum absolute atomic E-state index is 12.9. The van der Waals surface area contributed by atoms with Gasteiger partial charge in [-0.1, -0.05) is 19.9 Å². The minimum absolute atomic E-state index is 0.168. The summed E-state index contributed by atoms with van der Waals surface area (Å²) in [6, 6.07) is 5.53. The first kappa shape index (κ1) is 18.8. The molecule has 2 atom stereocenters. The number of fused-ring (bicyclic) bond motifs is 1. The second kappa shape index (κ2) is 7.73. The molecule has 7 nitrogen and oxygen atoms in total. The van der Waals surface area contributed by atoms with E-state index >= 15 is 0 Å². The van der Waals surface area contributed by atoms with Gasteiger partial charge in [-0.3, -0.25) is 14.6 Å². The maximum atomic E-state index is 12.9. The molecule has 2 amide bonds. The molecular formula is C20H23N3O4. The molecule has 2 N–H and O–H groups in total. The first-order chi connectivity index (χ1) is 12.9. The van der Waals surface area contributed by atoms with Gasteiger partial charge < -0.3 is 15.3 Å². The highest BCUT2D eigenvalue weighted by Crippen LogP contribution is 2.21. The van der Waals surface area contributed by atoms with E-state index in [4.69, 9.17) is 0 Å². The fraction of sp³-hybridized carbons (Fsp3) is 0.400. The molecular weight excluding hydrogens is 346 g/mol. The lowest BCUT2D eigenvalue weighted by Crippen LogP contribution is -2.53. The van der Waals surface area contributed by atoms with Crippen LogP contribution in [0, 0.1) is 5.92 Å². The van der Waals surface area contributed by atoms with Gasteiger partial charge in [-0.2, -0.15) is 0 Å². The smallest absolute Gasteiger partial charge is 0.326 e. The lowest BCUT2D eigenvalue weighted by molar-refractivity contribution is -0.149. The fourth-order valence-corrected chi connectivity index (χ4v) is 3.43. The quantitative estimate of drug-likeness (QED) is 0.840. The molecule has 27 heavy (non-hydrogen) atoms. The number of hydrogen-bond acceptors (Lipinski definition) is 4. The van der Waals surface area contributed by atoms with E-state index in [0.717, 1.165) is 10.8 Å². The topological polar surface area (TPSA) is 99.6 Å². The standard InChI is InChI=1S/C20H23N3O4/c1-12(2)17(19(25)23-9-3-4-16(23)20(26)27)22-18(24)14-6-5-13-7-8-21-11-15(13)10-14/h5-8,10-12,16-17H,3-4,9H2,1-2H3,(H,22,24)(H,26,27)/t16-,17?/m0/s1. The monoisotopic (exact) mass is 369 g/mol. The number of nitrogens with one attached hydrogen (secondary N) is 1. The molecule has 0 radical (unpaired) electrons. The van der Waals surface area contributed by atoms with Crippen molar-refractivity contribution in [3.63, 3.8) is 0 Å². The average Bonchev–Trinajstić information content (AvgIpc) is 3.15. The van der Waals surface area contributed by atoms with Crippen molar-refractivity contribution >= 4 is 28.6 Å². The van der Waals surface area contributed by atoms with Gasteiger partial charge in [0.05, 0.1) is 0 Å². The van der Waals surface area contributed by atoms with E-state index in [1.807, 2.05) is 26.0 Å². The van der Waals surface area contributed by atoms with Crippen molar-refractivity contribution in [2.24, 2.45) is 5.92 Å². The number of carbonyl (C=O) groups excluding carboxylic acids is 2. The zero-order chi connectivity index (χ0) is 19.6. The number of amides is 2. The summed E-state index contributed by atoms with van der Waals surface area (Å²) < 4.78 is 0. The molecule has 1 aliphatic heterocycles. The van der Waals surface area contributed by atoms with E-state index in [1.165, 1.54) is 4.90 Å². The van der Waals surface area contributed by atoms with Gasteiger partial charge >= 0.3 is 5.97 Å². The zero-order valence-electron chi connectivity index (χ0n) is 15.4. The predicted octanol–water partition coefficient (Wildman–Crippen LogP) is 2.06. The highest BCUT2D eigenvalue weighted by molar-refractivity contribution is 6.01. The van der Waals surface area contributed by atoms with Crippen LogP contribution in [0.4, 0.5) is 0 Å². The van der Waals surface area contributed by atoms with Crippen LogP contribution in [-0.4, -0.2) is 51.4 Å². The molecule has 1 unspecified atom stereocenters. The average molecular weight is 369 g/mol. The SMILES string of the molecule is CC(C)C(NC(=O)c1ccc2ccncc2c1)C(=O)N1CCC[C@H]1C(=O)O. The van der Waals surface area contributed by atoms with Crippen LogP contribution < -0.4 is 5.32 Å². The van der Waals surface area contributed by atoms with E-state index in [1.54, 1.807) is 24.5 Å². The summed E-state index contributed by atoms with van der Waals surface area (Å²) in [6.45, 7) is 4.06. The molecule has 2 aromatic rings. The summed E-state index contributed by atoms with van der Waals surface area (Å²) in [5.41, 5.74) is 0.435. The maximum Gasteiger partial charge on any atom is 0.326 e. The van der Waals surface area contributed by atoms with Crippen molar-refractivity contribution < 1.29 is 19.5 Å². The highest BCUT2D eigenvalue weighted by Gasteiger charge is 2.38. The van der Waals surface area contributed by atoms with Gasteiger partial charge in [-0.05, 0) is 42.3 Å². The van der Waals surface area contributed by atoms with E-state index in [2.05, 4.69) is 10.3 Å². The van der Waals surface area contributed by atoms with Crippen molar-refractivity contribution in [3.05, 3.63) is 42.2 Å². The molecule has 0 saturated carbocycles. The molecule has 1 aromatic carbocycles. The van der Waals surface area contributed by atoms with Gasteiger partial charge in [-0.15, -0.1) is 0 Å². The number of hydrogen-bond donors (Lipinski definition) is 2. The van der Waals surface area contributed by atoms with Crippen LogP contribution in [0.5, 0.6) is 0 Å². The van der Waals surface area contributed by atoms with Crippen molar-refractivity contribution in [1.29, 1.82) is 0 Å². The molecule has 1 aromatic heterocycles. The van der Waals surface area contributed by atoms with Gasteiger partial charge in [0, 0.05) is 29.9 Å². The first-order valence-corrected chi connectivity index (χ1v) is 9.06. The number of pyridine rings is 1. The van der Waals surface area contributed by atoms with Gasteiger partial charge in [0.15, 0.2) is 0 Å². The lowest BCUT2D eigenvalue weighted by Gasteiger charge is -2.29. The fourth-order valence-electron chi connectivity index (χ4n) is 3.43. The third-order valence-corrected chi connectivity index (χ3v) is 4.94. The summed E-state index contributed by atoms with van der Waals surface area (Å²) in [4.78, 5) is 42.5. The van der Waals surface area contributed by atoms with Crippen LogP contribution in [0.1, 0.15) is 37.0 Å². The number of rotatable bonds is 5. The number of carboxylic acids is 1. The van der Waals surface area contributed by atoms with Crippen molar-refractivity contribution in [3.8, 4) is 0 Å². The number of aliphatic carboxylic acids is 1. The zero-order valence-corrected chi connectivity index (χ0v) is 15.4. The minimum Gasteiger partial charge on any atom is -0.480 e. The summed E-state index contributed by atoms with van der Waals surface area (Å²) in [5, 5.41) is 13.9. The van der Waals surface area contributed by atoms with Crippen LogP contribution in [0.25, 0.3) is 10.8 Å². The molecule has 142 valence electrons. The summed E-state index contributed by atoms with van der Waals surface area (Å²) in [6.07, 6.45) is 4.46. The third-order valence-electron chi connectivity index (χ3n) is 4.94. The number of nitrogens with zero attached hydrogens (tertiary/aromatic N) is 2. The summed E-state index contributed by atoms with van der Waals surface area (Å²) >= 11 is 0. The number of carbonyl (C=O) groups is 3. The first-order valence-electron chi connectivity index (χ1n) is 9.06. The van der Waals surface area contributed by atoms with Crippen molar-refractivity contribution in [1.82, 2.24) is 15.2 Å². The number of likely N-dealkylation sites (tertiary alicyclic amines) is 1. The summed E-state index contributed by atoms with van der Waals surface area (Å²) in [7, 11) is 0. The van der Waals surface area contributed by atoms with E-state index in [-0.39, 0.29) is 17.7 Å². The predicted molar refractivity (Wildman–Crippen MR) is 100 cm³/mol. The minimum atomic E-state index is -1.00. The molecule has 3 rings (SSSR count). The van der Waals surface area contributed by atoms with Crippen LogP contribution in [0.3, 0.4) is 0 Å². The van der Waals surface area contributed by atoms with E-state index < -0.39 is 18.1 Å². The Labute approximate surface area is 157 Å². The van der Waals surface area contributed by atoms with Crippen LogP contribution >= 0.6 is 0 Å². The van der Waals surface area contributed by atoms with Gasteiger partial charge in [0.1, 0.15) is 12.1 Å². The van der Waals surface area contributed by atoms with Crippen molar-refractivity contribution in [2.75, 3.05) is 6.54 Å². The van der Waals surface area contributed by atoms with Crippen LogP contribution in [0.2, 0.25) is 0 Å². The van der Waals surface area contributed by atoms with Gasteiger partial charge in [0.2, 0.25) is 5.91 Å². The molecule has 1 fully saturated rings. The Balaban J connectivity index is 1.79. The van der Waals surface area contributed by atoms with E-state index in [9.17, 15) is 19.5 Å². The Hall–Kier alpha value is -2.96. The highest BCUT2D eigenvalue weighted by atomic mass is 16.4. The Morgan fingerprint density at radius 3 is 2.70 bits per heavy atom. The molecule has 1 saturated heterocycles. The molecule has 1 aliphatic rings. The molecule has 7 heteroatoms. The number of aromatic nitrogens is 1. The molecule has 0 aliphatic carbocycles. The Morgan fingerprint density at radius 1 is 1.22 bits per heavy atom. The Morgan fingerprint density at radius 2 is 2.00 bits per heavy atom. The number of carboxylic acid groups (broad SMARTS) is 1. The largest absolute Gasteiger partial charge is 0.480 e. The molecule has 0 bridgehead atoms. The molecule has 2 heterocycles. The van der Waals surface area contributed by atoms with Gasteiger partial charge in [-0.25, -0.2) is 4.79 Å². The normalized spacial score (nSPS) is 17.9.